The topological polar surface area (TPSA) is 59.0 Å². The van der Waals surface area contributed by atoms with Gasteiger partial charge in [0.25, 0.3) is 0 Å². The highest BCUT2D eigenvalue weighted by Gasteiger charge is 2.15. The van der Waals surface area contributed by atoms with Crippen LogP contribution in [0.4, 0.5) is 4.39 Å². The predicted molar refractivity (Wildman–Crippen MR) is 105 cm³/mol. The SMILES string of the molecule is CCCC(=O)OC[C@@H](O)CN(Cc1ccc(F)cc1)Cc1ccc(OC)cc1. The standard InChI is InChI=1S/C22H28FNO4/c1-3-4-22(26)28-16-20(25)15-24(13-17-5-9-19(23)10-6-17)14-18-7-11-21(27-2)12-8-18/h5-12,20,25H,3-4,13-16H2,1-2H3/t20-/m0/s1. The van der Waals surface area contributed by atoms with Crippen LogP contribution in [-0.2, 0) is 22.6 Å². The second-order valence-corrected chi connectivity index (χ2v) is 6.73. The van der Waals surface area contributed by atoms with E-state index in [0.717, 1.165) is 16.9 Å². The molecule has 1 atom stereocenters. The highest BCUT2D eigenvalue weighted by atomic mass is 19.1. The molecule has 6 heteroatoms. The number of rotatable bonds is 11. The first-order chi connectivity index (χ1) is 13.5. The van der Waals surface area contributed by atoms with Crippen LogP contribution in [-0.4, -0.2) is 42.3 Å². The van der Waals surface area contributed by atoms with Gasteiger partial charge in [-0.15, -0.1) is 0 Å². The van der Waals surface area contributed by atoms with Crippen LogP contribution in [0.15, 0.2) is 48.5 Å². The maximum atomic E-state index is 13.2. The van der Waals surface area contributed by atoms with Gasteiger partial charge in [-0.25, -0.2) is 4.39 Å². The Hall–Kier alpha value is -2.44. The molecule has 5 nitrogen and oxygen atoms in total. The van der Waals surface area contributed by atoms with Crippen LogP contribution < -0.4 is 4.74 Å². The zero-order valence-electron chi connectivity index (χ0n) is 16.4. The lowest BCUT2D eigenvalue weighted by Crippen LogP contribution is -2.34. The number of carbonyl (C=O) groups is 1. The summed E-state index contributed by atoms with van der Waals surface area (Å²) in [7, 11) is 1.62. The van der Waals surface area contributed by atoms with Gasteiger partial charge >= 0.3 is 5.97 Å². The van der Waals surface area contributed by atoms with Gasteiger partial charge in [-0.05, 0) is 41.8 Å². The molecule has 0 aliphatic heterocycles. The van der Waals surface area contributed by atoms with Crippen molar-refractivity contribution in [1.29, 1.82) is 0 Å². The number of aliphatic hydroxyl groups excluding tert-OH is 1. The predicted octanol–water partition coefficient (Wildman–Crippen LogP) is 3.54. The Morgan fingerprint density at radius 3 is 2.18 bits per heavy atom. The molecule has 0 saturated heterocycles. The number of methoxy groups -OCH3 is 1. The summed E-state index contributed by atoms with van der Waals surface area (Å²) in [5, 5.41) is 10.3. The monoisotopic (exact) mass is 389 g/mol. The summed E-state index contributed by atoms with van der Waals surface area (Å²) in [6.07, 6.45) is 0.250. The van der Waals surface area contributed by atoms with Gasteiger partial charge in [0, 0.05) is 26.1 Å². The van der Waals surface area contributed by atoms with Crippen molar-refractivity contribution in [2.24, 2.45) is 0 Å². The highest BCUT2D eigenvalue weighted by Crippen LogP contribution is 2.15. The van der Waals surface area contributed by atoms with Gasteiger partial charge in [-0.3, -0.25) is 9.69 Å². The lowest BCUT2D eigenvalue weighted by atomic mass is 10.1. The van der Waals surface area contributed by atoms with E-state index in [9.17, 15) is 14.3 Å². The number of aliphatic hydroxyl groups is 1. The third kappa shape index (κ3) is 7.66. The maximum Gasteiger partial charge on any atom is 0.305 e. The summed E-state index contributed by atoms with van der Waals surface area (Å²) < 4.78 is 23.5. The van der Waals surface area contributed by atoms with E-state index in [1.165, 1.54) is 12.1 Å². The minimum atomic E-state index is -0.806. The maximum absolute atomic E-state index is 13.2. The molecule has 0 aliphatic carbocycles. The third-order valence-corrected chi connectivity index (χ3v) is 4.24. The molecule has 1 N–H and O–H groups in total. The van der Waals surface area contributed by atoms with Gasteiger partial charge in [0.1, 0.15) is 24.3 Å². The summed E-state index contributed by atoms with van der Waals surface area (Å²) in [4.78, 5) is 13.5. The number of hydrogen-bond acceptors (Lipinski definition) is 5. The van der Waals surface area contributed by atoms with E-state index in [1.54, 1.807) is 19.2 Å². The van der Waals surface area contributed by atoms with E-state index < -0.39 is 6.10 Å². The van der Waals surface area contributed by atoms with Crippen LogP contribution in [0.3, 0.4) is 0 Å². The lowest BCUT2D eigenvalue weighted by Gasteiger charge is -2.25. The van der Waals surface area contributed by atoms with Gasteiger partial charge in [-0.1, -0.05) is 31.2 Å². The molecule has 0 aliphatic rings. The molecule has 0 amide bonds. The van der Waals surface area contributed by atoms with E-state index >= 15 is 0 Å². The van der Waals surface area contributed by atoms with Crippen molar-refractivity contribution in [3.8, 4) is 5.75 Å². The molecular formula is C22H28FNO4. The summed E-state index contributed by atoms with van der Waals surface area (Å²) in [6, 6.07) is 14.0. The fourth-order valence-electron chi connectivity index (χ4n) is 2.84. The van der Waals surface area contributed by atoms with Crippen LogP contribution in [0.5, 0.6) is 5.75 Å². The molecule has 0 heterocycles. The third-order valence-electron chi connectivity index (χ3n) is 4.24. The molecule has 0 bridgehead atoms. The molecule has 0 unspecified atom stereocenters. The fraction of sp³-hybridized carbons (Fsp3) is 0.409. The van der Waals surface area contributed by atoms with E-state index in [4.69, 9.17) is 9.47 Å². The summed E-state index contributed by atoms with van der Waals surface area (Å²) in [5.41, 5.74) is 1.99. The number of benzene rings is 2. The molecule has 2 rings (SSSR count). The van der Waals surface area contributed by atoms with E-state index in [-0.39, 0.29) is 18.4 Å². The average Bonchev–Trinajstić information content (AvgIpc) is 2.69. The zero-order valence-corrected chi connectivity index (χ0v) is 16.4. The molecule has 0 spiro atoms. The zero-order chi connectivity index (χ0) is 20.4. The van der Waals surface area contributed by atoms with Crippen molar-refractivity contribution in [2.45, 2.75) is 39.0 Å². The minimum Gasteiger partial charge on any atom is -0.497 e. The molecule has 0 aromatic heterocycles. The molecular weight excluding hydrogens is 361 g/mol. The Bertz CT molecular complexity index is 718. The minimum absolute atomic E-state index is 0.0403. The first kappa shape index (κ1) is 21.9. The number of esters is 1. The summed E-state index contributed by atoms with van der Waals surface area (Å²) in [6.45, 7) is 3.30. The average molecular weight is 389 g/mol. The van der Waals surface area contributed by atoms with Crippen molar-refractivity contribution in [3.63, 3.8) is 0 Å². The van der Waals surface area contributed by atoms with Crippen LogP contribution in [0.25, 0.3) is 0 Å². The van der Waals surface area contributed by atoms with Crippen molar-refractivity contribution >= 4 is 5.97 Å². The first-order valence-corrected chi connectivity index (χ1v) is 9.43. The molecule has 0 saturated carbocycles. The number of halogens is 1. The van der Waals surface area contributed by atoms with Crippen LogP contribution >= 0.6 is 0 Å². The van der Waals surface area contributed by atoms with Crippen LogP contribution in [0.2, 0.25) is 0 Å². The van der Waals surface area contributed by atoms with Crippen LogP contribution in [0, 0.1) is 5.82 Å². The molecule has 2 aromatic rings. The Kier molecular flexibility index (Phi) is 8.91. The fourth-order valence-corrected chi connectivity index (χ4v) is 2.84. The van der Waals surface area contributed by atoms with E-state index in [0.29, 0.717) is 32.5 Å². The van der Waals surface area contributed by atoms with Gasteiger partial charge in [0.15, 0.2) is 0 Å². The Morgan fingerprint density at radius 1 is 1.07 bits per heavy atom. The van der Waals surface area contributed by atoms with Crippen molar-refractivity contribution < 1.29 is 23.8 Å². The first-order valence-electron chi connectivity index (χ1n) is 9.43. The molecule has 28 heavy (non-hydrogen) atoms. The number of hydrogen-bond donors (Lipinski definition) is 1. The molecule has 152 valence electrons. The van der Waals surface area contributed by atoms with Crippen molar-refractivity contribution in [3.05, 3.63) is 65.5 Å². The molecule has 0 fully saturated rings. The van der Waals surface area contributed by atoms with Gasteiger partial charge in [0.05, 0.1) is 7.11 Å². The smallest absolute Gasteiger partial charge is 0.305 e. The summed E-state index contributed by atoms with van der Waals surface area (Å²) >= 11 is 0. The lowest BCUT2D eigenvalue weighted by molar-refractivity contribution is -0.147. The molecule has 2 aromatic carbocycles. The van der Waals surface area contributed by atoms with Crippen molar-refractivity contribution in [2.75, 3.05) is 20.3 Å². The second-order valence-electron chi connectivity index (χ2n) is 6.73. The Morgan fingerprint density at radius 2 is 1.64 bits per heavy atom. The van der Waals surface area contributed by atoms with E-state index in [1.807, 2.05) is 36.1 Å². The molecule has 0 radical (unpaired) electrons. The Labute approximate surface area is 165 Å². The van der Waals surface area contributed by atoms with Gasteiger partial charge < -0.3 is 14.6 Å². The number of carbonyl (C=O) groups excluding carboxylic acids is 1. The van der Waals surface area contributed by atoms with Crippen molar-refractivity contribution in [1.82, 2.24) is 4.90 Å². The summed E-state index contributed by atoms with van der Waals surface area (Å²) in [5.74, 6) is 0.187. The Balaban J connectivity index is 2.01. The largest absolute Gasteiger partial charge is 0.497 e. The van der Waals surface area contributed by atoms with E-state index in [2.05, 4.69) is 0 Å². The van der Waals surface area contributed by atoms with Gasteiger partial charge in [-0.2, -0.15) is 0 Å². The highest BCUT2D eigenvalue weighted by molar-refractivity contribution is 5.69. The number of ether oxygens (including phenoxy) is 2. The number of nitrogens with zero attached hydrogens (tertiary/aromatic N) is 1. The second kappa shape index (κ2) is 11.4. The van der Waals surface area contributed by atoms with Crippen LogP contribution in [0.1, 0.15) is 30.9 Å². The normalized spacial score (nSPS) is 12.0. The van der Waals surface area contributed by atoms with Gasteiger partial charge in [0.2, 0.25) is 0 Å². The quantitative estimate of drug-likeness (QED) is 0.596.